The van der Waals surface area contributed by atoms with Crippen LogP contribution < -0.4 is 10.6 Å². The minimum Gasteiger partial charge on any atom is -0.369 e. The average molecular weight is 360 g/mol. The Morgan fingerprint density at radius 3 is 1.93 bits per heavy atom. The molecule has 0 atom stereocenters. The normalized spacial score (nSPS) is 10.6. The highest BCUT2D eigenvalue weighted by molar-refractivity contribution is 5.97. The van der Waals surface area contributed by atoms with Crippen molar-refractivity contribution in [1.82, 2.24) is 10.2 Å². The molecule has 0 unspecified atom stereocenters. The second-order valence-corrected chi connectivity index (χ2v) is 6.33. The molecule has 0 saturated carbocycles. The lowest BCUT2D eigenvalue weighted by molar-refractivity contribution is -0.116. The summed E-state index contributed by atoms with van der Waals surface area (Å²) in [5.74, 6) is 0.618. The molecule has 5 nitrogen and oxygen atoms in total. The summed E-state index contributed by atoms with van der Waals surface area (Å²) in [6.07, 6.45) is 2.20. The monoisotopic (exact) mass is 360 g/mol. The first kappa shape index (κ1) is 18.6. The summed E-state index contributed by atoms with van der Waals surface area (Å²) < 4.78 is 0. The van der Waals surface area contributed by atoms with Gasteiger partial charge in [0.25, 0.3) is 0 Å². The number of hydrogen-bond acceptors (Lipinski definition) is 4. The molecule has 5 heteroatoms. The first-order valence-corrected chi connectivity index (χ1v) is 9.26. The predicted molar refractivity (Wildman–Crippen MR) is 109 cm³/mol. The molecular formula is C22H24N4O. The van der Waals surface area contributed by atoms with Crippen molar-refractivity contribution >= 4 is 17.5 Å². The van der Waals surface area contributed by atoms with E-state index in [-0.39, 0.29) is 5.91 Å². The highest BCUT2D eigenvalue weighted by Crippen LogP contribution is 2.26. The Balaban J connectivity index is 1.75. The molecule has 0 fully saturated rings. The van der Waals surface area contributed by atoms with Crippen molar-refractivity contribution < 1.29 is 4.79 Å². The number of hydrogen-bond donors (Lipinski definition) is 2. The third-order valence-corrected chi connectivity index (χ3v) is 4.28. The lowest BCUT2D eigenvalue weighted by Crippen LogP contribution is -2.23. The minimum absolute atomic E-state index is 0.131. The quantitative estimate of drug-likeness (QED) is 0.582. The molecule has 0 aliphatic heterocycles. The van der Waals surface area contributed by atoms with Gasteiger partial charge in [-0.1, -0.05) is 74.0 Å². The van der Waals surface area contributed by atoms with Gasteiger partial charge in [-0.2, -0.15) is 0 Å². The van der Waals surface area contributed by atoms with Gasteiger partial charge in [-0.15, -0.1) is 10.2 Å². The smallest absolute Gasteiger partial charge is 0.237 e. The molecular weight excluding hydrogens is 336 g/mol. The van der Waals surface area contributed by atoms with Crippen molar-refractivity contribution in [3.8, 4) is 0 Å². The molecule has 2 aromatic carbocycles. The van der Waals surface area contributed by atoms with Crippen LogP contribution in [0, 0.1) is 0 Å². The van der Waals surface area contributed by atoms with E-state index in [4.69, 9.17) is 0 Å². The van der Waals surface area contributed by atoms with Gasteiger partial charge in [-0.05, 0) is 29.7 Å². The predicted octanol–water partition coefficient (Wildman–Crippen LogP) is 4.46. The molecule has 0 radical (unpaired) electrons. The van der Waals surface area contributed by atoms with Crippen LogP contribution in [0.15, 0.2) is 72.8 Å². The number of rotatable bonds is 8. The Morgan fingerprint density at radius 2 is 1.41 bits per heavy atom. The Hall–Kier alpha value is -3.21. The Bertz CT molecular complexity index is 796. The van der Waals surface area contributed by atoms with Crippen LogP contribution >= 0.6 is 0 Å². The number of amides is 1. The second-order valence-electron chi connectivity index (χ2n) is 6.33. The number of nitrogens with zero attached hydrogens (tertiary/aromatic N) is 2. The molecule has 2 N–H and O–H groups in total. The fraction of sp³-hybridized carbons (Fsp3) is 0.227. The zero-order valence-corrected chi connectivity index (χ0v) is 15.4. The molecule has 0 spiro atoms. The van der Waals surface area contributed by atoms with Gasteiger partial charge < -0.3 is 10.6 Å². The van der Waals surface area contributed by atoms with Gasteiger partial charge in [-0.25, -0.2) is 0 Å². The molecule has 138 valence electrons. The van der Waals surface area contributed by atoms with E-state index < -0.39 is 5.92 Å². The standard InChI is InChI=1S/C22H24N4O/c1-2-3-16-23-19-14-15-20(26-25-19)24-22(27)21(17-10-6-4-7-11-17)18-12-8-5-9-13-18/h4-15,21H,2-3,16H2,1H3,(H,23,25)(H,24,26,27). The highest BCUT2D eigenvalue weighted by atomic mass is 16.2. The van der Waals surface area contributed by atoms with E-state index in [1.165, 1.54) is 0 Å². The number of carbonyl (C=O) groups is 1. The summed E-state index contributed by atoms with van der Waals surface area (Å²) in [6.45, 7) is 3.00. The molecule has 3 aromatic rings. The van der Waals surface area contributed by atoms with Crippen molar-refractivity contribution in [1.29, 1.82) is 0 Å². The maximum Gasteiger partial charge on any atom is 0.237 e. The van der Waals surface area contributed by atoms with Gasteiger partial charge in [0.1, 0.15) is 5.82 Å². The van der Waals surface area contributed by atoms with E-state index in [0.29, 0.717) is 11.6 Å². The van der Waals surface area contributed by atoms with Crippen LogP contribution in [0.3, 0.4) is 0 Å². The number of benzene rings is 2. The maximum absolute atomic E-state index is 13.0. The summed E-state index contributed by atoms with van der Waals surface area (Å²) in [6, 6.07) is 23.1. The van der Waals surface area contributed by atoms with Gasteiger partial charge in [0.15, 0.2) is 5.82 Å². The zero-order valence-electron chi connectivity index (χ0n) is 15.4. The van der Waals surface area contributed by atoms with Gasteiger partial charge >= 0.3 is 0 Å². The summed E-state index contributed by atoms with van der Waals surface area (Å²) in [5, 5.41) is 14.4. The molecule has 1 amide bonds. The van der Waals surface area contributed by atoms with Crippen LogP contribution in [0.5, 0.6) is 0 Å². The third kappa shape index (κ3) is 5.14. The van der Waals surface area contributed by atoms with Gasteiger partial charge in [-0.3, -0.25) is 4.79 Å². The van der Waals surface area contributed by atoms with E-state index in [1.54, 1.807) is 6.07 Å². The first-order valence-electron chi connectivity index (χ1n) is 9.26. The fourth-order valence-corrected chi connectivity index (χ4v) is 2.87. The maximum atomic E-state index is 13.0. The molecule has 1 heterocycles. The number of carbonyl (C=O) groups excluding carboxylic acids is 1. The van der Waals surface area contributed by atoms with E-state index in [9.17, 15) is 4.79 Å². The van der Waals surface area contributed by atoms with Crippen LogP contribution in [0.25, 0.3) is 0 Å². The molecule has 0 saturated heterocycles. The molecule has 3 rings (SSSR count). The Kier molecular flexibility index (Phi) is 6.52. The van der Waals surface area contributed by atoms with Gasteiger partial charge in [0.05, 0.1) is 5.92 Å². The van der Waals surface area contributed by atoms with E-state index in [2.05, 4.69) is 27.8 Å². The van der Waals surface area contributed by atoms with Crippen molar-refractivity contribution in [2.75, 3.05) is 17.2 Å². The zero-order chi connectivity index (χ0) is 18.9. The van der Waals surface area contributed by atoms with Crippen LogP contribution in [0.1, 0.15) is 36.8 Å². The fourth-order valence-electron chi connectivity index (χ4n) is 2.87. The van der Waals surface area contributed by atoms with Gasteiger partial charge in [0, 0.05) is 6.54 Å². The van der Waals surface area contributed by atoms with Crippen LogP contribution in [-0.4, -0.2) is 22.6 Å². The van der Waals surface area contributed by atoms with Crippen molar-refractivity contribution in [3.63, 3.8) is 0 Å². The average Bonchev–Trinajstić information content (AvgIpc) is 2.71. The number of anilines is 2. The van der Waals surface area contributed by atoms with Crippen LogP contribution in [0.2, 0.25) is 0 Å². The third-order valence-electron chi connectivity index (χ3n) is 4.28. The number of unbranched alkanes of at least 4 members (excludes halogenated alkanes) is 1. The second kappa shape index (κ2) is 9.48. The molecule has 0 bridgehead atoms. The largest absolute Gasteiger partial charge is 0.369 e. The molecule has 1 aromatic heterocycles. The highest BCUT2D eigenvalue weighted by Gasteiger charge is 2.23. The summed E-state index contributed by atoms with van der Waals surface area (Å²) in [4.78, 5) is 13.0. The number of aromatic nitrogens is 2. The van der Waals surface area contributed by atoms with E-state index in [0.717, 1.165) is 30.5 Å². The molecule has 0 aliphatic rings. The summed E-state index contributed by atoms with van der Waals surface area (Å²) >= 11 is 0. The minimum atomic E-state index is -0.406. The first-order chi connectivity index (χ1) is 13.3. The van der Waals surface area contributed by atoms with Crippen molar-refractivity contribution in [2.45, 2.75) is 25.7 Å². The van der Waals surface area contributed by atoms with Crippen LogP contribution in [-0.2, 0) is 4.79 Å². The topological polar surface area (TPSA) is 66.9 Å². The Morgan fingerprint density at radius 1 is 0.852 bits per heavy atom. The lowest BCUT2D eigenvalue weighted by atomic mass is 9.90. The van der Waals surface area contributed by atoms with E-state index in [1.807, 2.05) is 66.7 Å². The van der Waals surface area contributed by atoms with Crippen molar-refractivity contribution in [2.24, 2.45) is 0 Å². The molecule has 27 heavy (non-hydrogen) atoms. The summed E-state index contributed by atoms with van der Waals surface area (Å²) in [5.41, 5.74) is 1.87. The van der Waals surface area contributed by atoms with Crippen molar-refractivity contribution in [3.05, 3.63) is 83.9 Å². The van der Waals surface area contributed by atoms with E-state index >= 15 is 0 Å². The molecule has 0 aliphatic carbocycles. The summed E-state index contributed by atoms with van der Waals surface area (Å²) in [7, 11) is 0. The SMILES string of the molecule is CCCCNc1ccc(NC(=O)C(c2ccccc2)c2ccccc2)nn1. The Labute approximate surface area is 159 Å². The van der Waals surface area contributed by atoms with Gasteiger partial charge in [0.2, 0.25) is 5.91 Å². The van der Waals surface area contributed by atoms with Crippen LogP contribution in [0.4, 0.5) is 11.6 Å². The lowest BCUT2D eigenvalue weighted by Gasteiger charge is -2.17. The number of nitrogens with one attached hydrogen (secondary N) is 2.